The van der Waals surface area contributed by atoms with Crippen LogP contribution in [-0.4, -0.2) is 9.97 Å². The van der Waals surface area contributed by atoms with Crippen LogP contribution in [0.1, 0.15) is 32.1 Å². The predicted molar refractivity (Wildman–Crippen MR) is 123 cm³/mol. The van der Waals surface area contributed by atoms with Crippen molar-refractivity contribution in [2.75, 3.05) is 0 Å². The first kappa shape index (κ1) is 17.7. The molecule has 0 radical (unpaired) electrons. The maximum Gasteiger partial charge on any atom is 0.231 e. The third kappa shape index (κ3) is 2.45. The molecule has 4 nitrogen and oxygen atoms in total. The van der Waals surface area contributed by atoms with E-state index in [1.807, 2.05) is 13.0 Å². The van der Waals surface area contributed by atoms with Crippen LogP contribution in [0.3, 0.4) is 0 Å². The normalized spacial score (nSPS) is 12.7. The lowest BCUT2D eigenvalue weighted by molar-refractivity contribution is 0.568. The standard InChI is InChI=1S/C25H20N2O2S/c1-13-9-14-5-6-17-19-20(26-12-27-24(19)29-22(17)21(14)28-13)16-10-15-7-8-30-23(15)18(11-16)25(2,3)4/h5-12H,1-4H3. The van der Waals surface area contributed by atoms with E-state index in [2.05, 4.69) is 61.5 Å². The lowest BCUT2D eigenvalue weighted by Gasteiger charge is -2.21. The number of hydrogen-bond donors (Lipinski definition) is 0. The molecule has 6 rings (SSSR count). The summed E-state index contributed by atoms with van der Waals surface area (Å²) in [5.74, 6) is 0.863. The summed E-state index contributed by atoms with van der Waals surface area (Å²) >= 11 is 1.79. The highest BCUT2D eigenvalue weighted by atomic mass is 32.1. The summed E-state index contributed by atoms with van der Waals surface area (Å²) in [7, 11) is 0. The molecule has 0 aliphatic rings. The topological polar surface area (TPSA) is 52.1 Å². The Labute approximate surface area is 177 Å². The Morgan fingerprint density at radius 1 is 0.900 bits per heavy atom. The number of thiophene rings is 1. The van der Waals surface area contributed by atoms with Crippen molar-refractivity contribution in [3.63, 3.8) is 0 Å². The van der Waals surface area contributed by atoms with Crippen molar-refractivity contribution in [3.05, 3.63) is 59.4 Å². The van der Waals surface area contributed by atoms with E-state index in [-0.39, 0.29) is 5.41 Å². The van der Waals surface area contributed by atoms with Crippen molar-refractivity contribution in [2.24, 2.45) is 0 Å². The number of furan rings is 2. The molecule has 0 atom stereocenters. The zero-order valence-electron chi connectivity index (χ0n) is 17.2. The van der Waals surface area contributed by atoms with E-state index >= 15 is 0 Å². The fourth-order valence-electron chi connectivity index (χ4n) is 4.29. The SMILES string of the molecule is Cc1cc2ccc3c(oc4ncnc(-c5cc(C(C)(C)C)c6sccc6c5)c43)c2o1. The van der Waals surface area contributed by atoms with E-state index in [1.54, 1.807) is 17.7 Å². The van der Waals surface area contributed by atoms with Gasteiger partial charge in [-0.25, -0.2) is 9.97 Å². The van der Waals surface area contributed by atoms with Crippen LogP contribution in [0, 0.1) is 6.92 Å². The molecule has 5 heteroatoms. The van der Waals surface area contributed by atoms with Crippen molar-refractivity contribution in [3.8, 4) is 11.3 Å². The van der Waals surface area contributed by atoms with Gasteiger partial charge in [-0.1, -0.05) is 26.8 Å². The molecule has 30 heavy (non-hydrogen) atoms. The van der Waals surface area contributed by atoms with Gasteiger partial charge in [0.1, 0.15) is 12.1 Å². The van der Waals surface area contributed by atoms with Crippen LogP contribution in [0.15, 0.2) is 56.9 Å². The number of aryl methyl sites for hydroxylation is 1. The van der Waals surface area contributed by atoms with Gasteiger partial charge >= 0.3 is 0 Å². The molecule has 2 aromatic carbocycles. The number of rotatable bonds is 1. The molecule has 4 aromatic heterocycles. The molecule has 0 unspecified atom stereocenters. The molecule has 0 saturated carbocycles. The third-order valence-corrected chi connectivity index (χ3v) is 6.64. The first-order chi connectivity index (χ1) is 14.4. The van der Waals surface area contributed by atoms with Gasteiger partial charge in [0.2, 0.25) is 5.71 Å². The molecule has 0 aliphatic heterocycles. The Kier molecular flexibility index (Phi) is 3.49. The number of fused-ring (bicyclic) bond motifs is 6. The van der Waals surface area contributed by atoms with Crippen LogP contribution < -0.4 is 0 Å². The van der Waals surface area contributed by atoms with Crippen molar-refractivity contribution < 1.29 is 8.83 Å². The van der Waals surface area contributed by atoms with Gasteiger partial charge in [0.25, 0.3) is 0 Å². The van der Waals surface area contributed by atoms with E-state index < -0.39 is 0 Å². The van der Waals surface area contributed by atoms with Gasteiger partial charge in [-0.05, 0) is 59.0 Å². The summed E-state index contributed by atoms with van der Waals surface area (Å²) in [6, 6.07) is 12.8. The second-order valence-electron chi connectivity index (χ2n) is 8.83. The van der Waals surface area contributed by atoms with Gasteiger partial charge in [-0.3, -0.25) is 0 Å². The molecule has 148 valence electrons. The highest BCUT2D eigenvalue weighted by molar-refractivity contribution is 7.17. The number of benzene rings is 2. The van der Waals surface area contributed by atoms with Gasteiger partial charge in [0, 0.05) is 21.0 Å². The molecule has 0 saturated heterocycles. The molecule has 0 N–H and O–H groups in total. The molecule has 0 fully saturated rings. The largest absolute Gasteiger partial charge is 0.457 e. The summed E-state index contributed by atoms with van der Waals surface area (Å²) in [6.45, 7) is 8.71. The van der Waals surface area contributed by atoms with Crippen LogP contribution in [0.5, 0.6) is 0 Å². The van der Waals surface area contributed by atoms with E-state index in [9.17, 15) is 0 Å². The Bertz CT molecular complexity index is 1590. The Morgan fingerprint density at radius 2 is 1.77 bits per heavy atom. The molecule has 0 amide bonds. The van der Waals surface area contributed by atoms with Crippen LogP contribution in [-0.2, 0) is 5.41 Å². The van der Waals surface area contributed by atoms with E-state index in [4.69, 9.17) is 13.8 Å². The van der Waals surface area contributed by atoms with Crippen LogP contribution >= 0.6 is 11.3 Å². The number of aromatic nitrogens is 2. The summed E-state index contributed by atoms with van der Waals surface area (Å²) < 4.78 is 13.4. The van der Waals surface area contributed by atoms with Gasteiger partial charge in [-0.15, -0.1) is 11.3 Å². The molecular formula is C25H20N2O2S. The summed E-state index contributed by atoms with van der Waals surface area (Å²) in [5, 5.41) is 6.33. The highest BCUT2D eigenvalue weighted by Gasteiger charge is 2.22. The number of hydrogen-bond acceptors (Lipinski definition) is 5. The molecule has 0 bridgehead atoms. The van der Waals surface area contributed by atoms with Gasteiger partial charge < -0.3 is 8.83 Å². The Hall–Kier alpha value is -3.18. The first-order valence-electron chi connectivity index (χ1n) is 9.98. The fraction of sp³-hybridized carbons (Fsp3) is 0.200. The first-order valence-corrected chi connectivity index (χ1v) is 10.9. The molecular weight excluding hydrogens is 392 g/mol. The zero-order valence-corrected chi connectivity index (χ0v) is 18.1. The minimum absolute atomic E-state index is 0.0293. The quantitative estimate of drug-likeness (QED) is 0.279. The van der Waals surface area contributed by atoms with Crippen LogP contribution in [0.4, 0.5) is 0 Å². The third-order valence-electron chi connectivity index (χ3n) is 5.68. The predicted octanol–water partition coefficient (Wildman–Crippen LogP) is 7.61. The van der Waals surface area contributed by atoms with Gasteiger partial charge in [-0.2, -0.15) is 0 Å². The summed E-state index contributed by atoms with van der Waals surface area (Å²) in [6.07, 6.45) is 1.58. The smallest absolute Gasteiger partial charge is 0.231 e. The minimum atomic E-state index is 0.0293. The van der Waals surface area contributed by atoms with Crippen molar-refractivity contribution >= 4 is 54.5 Å². The summed E-state index contributed by atoms with van der Waals surface area (Å²) in [5.41, 5.74) is 5.40. The lowest BCUT2D eigenvalue weighted by Crippen LogP contribution is -2.11. The van der Waals surface area contributed by atoms with Crippen molar-refractivity contribution in [1.82, 2.24) is 9.97 Å². The monoisotopic (exact) mass is 412 g/mol. The van der Waals surface area contributed by atoms with Crippen molar-refractivity contribution in [1.29, 1.82) is 0 Å². The minimum Gasteiger partial charge on any atom is -0.457 e. The van der Waals surface area contributed by atoms with E-state index in [1.165, 1.54) is 15.6 Å². The van der Waals surface area contributed by atoms with Gasteiger partial charge in [0.05, 0.1) is 11.1 Å². The summed E-state index contributed by atoms with van der Waals surface area (Å²) in [4.78, 5) is 9.13. The average Bonchev–Trinajstić information content (AvgIpc) is 3.40. The lowest BCUT2D eigenvalue weighted by atomic mass is 9.85. The van der Waals surface area contributed by atoms with Gasteiger partial charge in [0.15, 0.2) is 11.2 Å². The maximum absolute atomic E-state index is 6.17. The molecule has 0 aliphatic carbocycles. The Morgan fingerprint density at radius 3 is 2.60 bits per heavy atom. The van der Waals surface area contributed by atoms with E-state index in [0.717, 1.165) is 44.3 Å². The fourth-order valence-corrected chi connectivity index (χ4v) is 5.39. The Balaban J connectivity index is 1.72. The van der Waals surface area contributed by atoms with Crippen LogP contribution in [0.2, 0.25) is 0 Å². The number of nitrogens with zero attached hydrogens (tertiary/aromatic N) is 2. The van der Waals surface area contributed by atoms with E-state index in [0.29, 0.717) is 5.71 Å². The van der Waals surface area contributed by atoms with Crippen LogP contribution in [0.25, 0.3) is 54.4 Å². The highest BCUT2D eigenvalue weighted by Crippen LogP contribution is 2.41. The second kappa shape index (κ2) is 5.92. The molecule has 4 heterocycles. The van der Waals surface area contributed by atoms with Crippen molar-refractivity contribution in [2.45, 2.75) is 33.1 Å². The maximum atomic E-state index is 6.17. The molecule has 6 aromatic rings. The molecule has 0 spiro atoms. The average molecular weight is 413 g/mol. The zero-order chi connectivity index (χ0) is 20.6. The second-order valence-corrected chi connectivity index (χ2v) is 9.75.